The minimum Gasteiger partial charge on any atom is -0.487 e. The second kappa shape index (κ2) is 12.9. The topological polar surface area (TPSA) is 131 Å². The van der Waals surface area contributed by atoms with Gasteiger partial charge < -0.3 is 24.8 Å². The Balaban J connectivity index is 1.13. The van der Waals surface area contributed by atoms with Gasteiger partial charge in [0.2, 0.25) is 11.8 Å². The SMILES string of the molecule is CC(=O)c1cn(CC(=O)N2C[C@H](F)C[C@H]2C(=O)Nc2ccc(OCc3ccccc3)cn2)c2ccc(Nc3cncnc3)cc12. The van der Waals surface area contributed by atoms with Crippen LogP contribution in [0.4, 0.5) is 21.6 Å². The number of carbonyl (C=O) groups is 3. The first-order valence-corrected chi connectivity index (χ1v) is 14.4. The lowest BCUT2D eigenvalue weighted by Gasteiger charge is -2.24. The van der Waals surface area contributed by atoms with E-state index in [2.05, 4.69) is 25.6 Å². The van der Waals surface area contributed by atoms with Crippen LogP contribution in [0.1, 0.15) is 29.3 Å². The van der Waals surface area contributed by atoms with Crippen LogP contribution in [0.3, 0.4) is 0 Å². The summed E-state index contributed by atoms with van der Waals surface area (Å²) in [6.45, 7) is 1.45. The van der Waals surface area contributed by atoms with Crippen LogP contribution in [0.2, 0.25) is 0 Å². The second-order valence-electron chi connectivity index (χ2n) is 10.7. The molecule has 4 heterocycles. The van der Waals surface area contributed by atoms with Gasteiger partial charge >= 0.3 is 0 Å². The Morgan fingerprint density at radius 1 is 1.00 bits per heavy atom. The summed E-state index contributed by atoms with van der Waals surface area (Å²) in [5.41, 5.74) is 3.49. The average Bonchev–Trinajstić information content (AvgIpc) is 3.62. The first-order chi connectivity index (χ1) is 21.8. The number of pyridine rings is 1. The van der Waals surface area contributed by atoms with Gasteiger partial charge in [0.05, 0.1) is 30.8 Å². The third kappa shape index (κ3) is 6.80. The average molecular weight is 608 g/mol. The molecule has 2 N–H and O–H groups in total. The number of nitrogens with one attached hydrogen (secondary N) is 2. The number of alkyl halides is 1. The van der Waals surface area contributed by atoms with Crippen LogP contribution >= 0.6 is 0 Å². The smallest absolute Gasteiger partial charge is 0.248 e. The van der Waals surface area contributed by atoms with E-state index in [1.165, 1.54) is 24.3 Å². The van der Waals surface area contributed by atoms with E-state index in [0.29, 0.717) is 40.2 Å². The van der Waals surface area contributed by atoms with Crippen LogP contribution in [0.15, 0.2) is 91.8 Å². The lowest BCUT2D eigenvalue weighted by atomic mass is 10.1. The van der Waals surface area contributed by atoms with Crippen LogP contribution < -0.4 is 15.4 Å². The molecule has 2 amide bonds. The van der Waals surface area contributed by atoms with Gasteiger partial charge in [-0.1, -0.05) is 30.3 Å². The van der Waals surface area contributed by atoms with Crippen LogP contribution in [-0.4, -0.2) is 60.8 Å². The van der Waals surface area contributed by atoms with Gasteiger partial charge in [-0.15, -0.1) is 0 Å². The van der Waals surface area contributed by atoms with Crippen LogP contribution in [0.25, 0.3) is 10.9 Å². The van der Waals surface area contributed by atoms with Crippen LogP contribution in [0.5, 0.6) is 5.75 Å². The molecule has 5 aromatic rings. The van der Waals surface area contributed by atoms with Gasteiger partial charge in [0.25, 0.3) is 0 Å². The van der Waals surface area contributed by atoms with Gasteiger partial charge in [-0.05, 0) is 42.8 Å². The van der Waals surface area contributed by atoms with E-state index in [0.717, 1.165) is 5.56 Å². The summed E-state index contributed by atoms with van der Waals surface area (Å²) >= 11 is 0. The molecule has 2 aromatic carbocycles. The van der Waals surface area contributed by atoms with E-state index >= 15 is 0 Å². The van der Waals surface area contributed by atoms with Crippen molar-refractivity contribution in [1.82, 2.24) is 24.4 Å². The number of ether oxygens (including phenoxy) is 1. The molecule has 0 aliphatic carbocycles. The quantitative estimate of drug-likeness (QED) is 0.214. The fourth-order valence-electron chi connectivity index (χ4n) is 5.35. The summed E-state index contributed by atoms with van der Waals surface area (Å²) in [7, 11) is 0. The zero-order valence-corrected chi connectivity index (χ0v) is 24.4. The molecule has 6 rings (SSSR count). The number of anilines is 3. The third-order valence-electron chi connectivity index (χ3n) is 7.52. The molecule has 1 saturated heterocycles. The first kappa shape index (κ1) is 29.4. The Bertz CT molecular complexity index is 1830. The predicted octanol–water partition coefficient (Wildman–Crippen LogP) is 4.93. The molecule has 12 heteroatoms. The predicted molar refractivity (Wildman–Crippen MR) is 166 cm³/mol. The minimum atomic E-state index is -1.35. The van der Waals surface area contributed by atoms with E-state index in [1.54, 1.807) is 41.4 Å². The van der Waals surface area contributed by atoms with Gasteiger partial charge in [-0.25, -0.2) is 19.3 Å². The van der Waals surface area contributed by atoms with Crippen molar-refractivity contribution in [2.75, 3.05) is 17.2 Å². The zero-order valence-electron chi connectivity index (χ0n) is 24.4. The second-order valence-corrected chi connectivity index (χ2v) is 10.7. The lowest BCUT2D eigenvalue weighted by molar-refractivity contribution is -0.137. The minimum absolute atomic E-state index is 0.126. The van der Waals surface area contributed by atoms with Crippen molar-refractivity contribution in [2.45, 2.75) is 38.7 Å². The maximum Gasteiger partial charge on any atom is 0.248 e. The number of benzene rings is 2. The molecule has 0 spiro atoms. The van der Waals surface area contributed by atoms with Gasteiger partial charge in [0.1, 0.15) is 43.3 Å². The Kier molecular flexibility index (Phi) is 8.45. The maximum atomic E-state index is 14.6. The fourth-order valence-corrected chi connectivity index (χ4v) is 5.35. The third-order valence-corrected chi connectivity index (χ3v) is 7.52. The van der Waals surface area contributed by atoms with Crippen molar-refractivity contribution in [3.63, 3.8) is 0 Å². The summed E-state index contributed by atoms with van der Waals surface area (Å²) in [6.07, 6.45) is 6.31. The van der Waals surface area contributed by atoms with Gasteiger partial charge in [0.15, 0.2) is 5.78 Å². The molecule has 2 atom stereocenters. The number of halogens is 1. The number of likely N-dealkylation sites (tertiary alicyclic amines) is 1. The van der Waals surface area contributed by atoms with E-state index in [4.69, 9.17) is 4.74 Å². The molecule has 1 aliphatic rings. The summed E-state index contributed by atoms with van der Waals surface area (Å²) in [6, 6.07) is 17.4. The van der Waals surface area contributed by atoms with E-state index in [-0.39, 0.29) is 31.1 Å². The van der Waals surface area contributed by atoms with Crippen molar-refractivity contribution in [3.05, 3.63) is 103 Å². The van der Waals surface area contributed by atoms with Crippen molar-refractivity contribution >= 4 is 45.7 Å². The molecule has 3 aromatic heterocycles. The van der Waals surface area contributed by atoms with Crippen molar-refractivity contribution < 1.29 is 23.5 Å². The van der Waals surface area contributed by atoms with Crippen molar-refractivity contribution in [1.29, 1.82) is 0 Å². The number of rotatable bonds is 10. The number of Topliss-reactive ketones (excluding diaryl/α,β-unsaturated/α-hetero) is 1. The number of hydrogen-bond acceptors (Lipinski definition) is 8. The Hall–Kier alpha value is -5.65. The maximum absolute atomic E-state index is 14.6. The molecule has 0 bridgehead atoms. The normalized spacial score (nSPS) is 16.0. The molecule has 45 heavy (non-hydrogen) atoms. The van der Waals surface area contributed by atoms with Crippen molar-refractivity contribution in [3.8, 4) is 5.75 Å². The number of amides is 2. The number of fused-ring (bicyclic) bond motifs is 1. The number of aromatic nitrogens is 4. The highest BCUT2D eigenvalue weighted by Gasteiger charge is 2.40. The number of ketones is 1. The molecular weight excluding hydrogens is 577 g/mol. The zero-order chi connectivity index (χ0) is 31.3. The fraction of sp³-hybridized carbons (Fsp3) is 0.212. The lowest BCUT2D eigenvalue weighted by Crippen LogP contribution is -2.44. The highest BCUT2D eigenvalue weighted by atomic mass is 19.1. The summed E-state index contributed by atoms with van der Waals surface area (Å²) < 4.78 is 22.0. The van der Waals surface area contributed by atoms with Gasteiger partial charge in [-0.3, -0.25) is 14.4 Å². The largest absolute Gasteiger partial charge is 0.487 e. The van der Waals surface area contributed by atoms with E-state index < -0.39 is 24.0 Å². The molecular formula is C33H30FN7O4. The van der Waals surface area contributed by atoms with Gasteiger partial charge in [0, 0.05) is 34.8 Å². The van der Waals surface area contributed by atoms with E-state index in [9.17, 15) is 18.8 Å². The summed E-state index contributed by atoms with van der Waals surface area (Å²) in [5.74, 6) is -0.354. The van der Waals surface area contributed by atoms with Gasteiger partial charge in [-0.2, -0.15) is 0 Å². The standard InChI is InChI=1S/C33H30FN7O4/c1-21(42)28-17-40(29-9-7-24(12-27(28)29)38-25-13-35-20-36-14-25)18-32(43)41-16-23(34)11-30(41)33(44)39-31-10-8-26(15-37-31)45-19-22-5-3-2-4-6-22/h2-10,12-15,17,20,23,30,38H,11,16,18-19H2,1H3,(H,37,39,44)/t23-,30+/m1/s1. The van der Waals surface area contributed by atoms with Crippen molar-refractivity contribution in [2.24, 2.45) is 0 Å². The van der Waals surface area contributed by atoms with Crippen LogP contribution in [0, 0.1) is 0 Å². The molecule has 0 unspecified atom stereocenters. The molecule has 1 aliphatic heterocycles. The first-order valence-electron chi connectivity index (χ1n) is 14.4. The van der Waals surface area contributed by atoms with Crippen LogP contribution in [-0.2, 0) is 22.7 Å². The highest BCUT2D eigenvalue weighted by Crippen LogP contribution is 2.28. The summed E-state index contributed by atoms with van der Waals surface area (Å²) in [4.78, 5) is 52.7. The molecule has 0 saturated carbocycles. The van der Waals surface area contributed by atoms with E-state index in [1.807, 2.05) is 42.5 Å². The number of hydrogen-bond donors (Lipinski definition) is 2. The molecule has 228 valence electrons. The molecule has 11 nitrogen and oxygen atoms in total. The Morgan fingerprint density at radius 2 is 1.80 bits per heavy atom. The highest BCUT2D eigenvalue weighted by molar-refractivity contribution is 6.08. The number of nitrogens with zero attached hydrogens (tertiary/aromatic N) is 5. The molecule has 0 radical (unpaired) electrons. The summed E-state index contributed by atoms with van der Waals surface area (Å²) in [5, 5.41) is 6.54. The Labute approximate surface area is 258 Å². The monoisotopic (exact) mass is 607 g/mol. The number of carbonyl (C=O) groups excluding carboxylic acids is 3. The Morgan fingerprint density at radius 3 is 2.53 bits per heavy atom. The molecule has 1 fully saturated rings.